The van der Waals surface area contributed by atoms with E-state index in [1.807, 2.05) is 18.2 Å². The molecule has 0 aliphatic carbocycles. The maximum absolute atomic E-state index is 12.6. The van der Waals surface area contributed by atoms with Crippen molar-refractivity contribution in [2.75, 3.05) is 12.4 Å². The van der Waals surface area contributed by atoms with E-state index in [9.17, 15) is 20.2 Å². The SMILES string of the molecule is COc1ccc(NC(=O)/C(C#N)=C/c2ccc(OCc3ccccc3Cl)c(Cl)c2)c([N+](=O)[O-])c1. The number of nitrogens with one attached hydrogen (secondary N) is 1. The molecule has 1 amide bonds. The molecule has 0 aliphatic rings. The molecule has 0 aromatic heterocycles. The highest BCUT2D eigenvalue weighted by Crippen LogP contribution is 2.30. The number of nitrogens with zero attached hydrogens (tertiary/aromatic N) is 2. The van der Waals surface area contributed by atoms with Gasteiger partial charge in [0.05, 0.1) is 23.1 Å². The number of hydrogen-bond donors (Lipinski definition) is 1. The minimum atomic E-state index is -0.814. The van der Waals surface area contributed by atoms with Gasteiger partial charge in [-0.3, -0.25) is 14.9 Å². The van der Waals surface area contributed by atoms with E-state index in [4.69, 9.17) is 32.7 Å². The molecule has 0 fully saturated rings. The fourth-order valence-electron chi connectivity index (χ4n) is 2.89. The van der Waals surface area contributed by atoms with Crippen LogP contribution in [0.5, 0.6) is 11.5 Å². The first-order valence-corrected chi connectivity index (χ1v) is 10.5. The molecule has 3 aromatic carbocycles. The van der Waals surface area contributed by atoms with Crippen molar-refractivity contribution in [3.63, 3.8) is 0 Å². The van der Waals surface area contributed by atoms with Crippen molar-refractivity contribution in [3.05, 3.63) is 97.5 Å². The summed E-state index contributed by atoms with van der Waals surface area (Å²) in [6.45, 7) is 0.209. The van der Waals surface area contributed by atoms with E-state index in [0.717, 1.165) is 5.56 Å². The molecule has 8 nitrogen and oxygen atoms in total. The number of rotatable bonds is 8. The van der Waals surface area contributed by atoms with E-state index in [1.165, 1.54) is 37.5 Å². The number of carbonyl (C=O) groups is 1. The van der Waals surface area contributed by atoms with Crippen molar-refractivity contribution in [3.8, 4) is 17.6 Å². The van der Waals surface area contributed by atoms with Crippen molar-refractivity contribution in [1.29, 1.82) is 5.26 Å². The summed E-state index contributed by atoms with van der Waals surface area (Å²) < 4.78 is 10.7. The molecular weight excluding hydrogens is 481 g/mol. The number of nitro benzene ring substituents is 1. The third kappa shape index (κ3) is 6.04. The number of nitriles is 1. The number of methoxy groups -OCH3 is 1. The number of nitro groups is 1. The lowest BCUT2D eigenvalue weighted by atomic mass is 10.1. The molecule has 3 aromatic rings. The first-order chi connectivity index (χ1) is 16.3. The fraction of sp³-hybridized carbons (Fsp3) is 0.0833. The van der Waals surface area contributed by atoms with Crippen LogP contribution in [0.4, 0.5) is 11.4 Å². The monoisotopic (exact) mass is 497 g/mol. The summed E-state index contributed by atoms with van der Waals surface area (Å²) in [6, 6.07) is 17.7. The molecule has 10 heteroatoms. The zero-order chi connectivity index (χ0) is 24.7. The highest BCUT2D eigenvalue weighted by Gasteiger charge is 2.19. The smallest absolute Gasteiger partial charge is 0.296 e. The molecule has 0 bridgehead atoms. The number of carbonyl (C=O) groups excluding carboxylic acids is 1. The maximum atomic E-state index is 12.6. The molecule has 0 aliphatic heterocycles. The van der Waals surface area contributed by atoms with Crippen LogP contribution in [0, 0.1) is 21.4 Å². The van der Waals surface area contributed by atoms with Gasteiger partial charge in [0.2, 0.25) is 0 Å². The Balaban J connectivity index is 1.77. The first kappa shape index (κ1) is 24.6. The van der Waals surface area contributed by atoms with E-state index in [1.54, 1.807) is 24.3 Å². The molecule has 0 heterocycles. The van der Waals surface area contributed by atoms with Crippen LogP contribution in [0.2, 0.25) is 10.0 Å². The Morgan fingerprint density at radius 3 is 2.56 bits per heavy atom. The molecule has 1 N–H and O–H groups in total. The van der Waals surface area contributed by atoms with Crippen LogP contribution in [0.25, 0.3) is 6.08 Å². The average molecular weight is 498 g/mol. The molecule has 0 saturated heterocycles. The molecule has 3 rings (SSSR count). The normalized spacial score (nSPS) is 10.8. The van der Waals surface area contributed by atoms with E-state index in [-0.39, 0.29) is 34.3 Å². The molecular formula is C24H17Cl2N3O5. The summed E-state index contributed by atoms with van der Waals surface area (Å²) in [5, 5.41) is 24.0. The Morgan fingerprint density at radius 1 is 1.15 bits per heavy atom. The van der Waals surface area contributed by atoms with Crippen LogP contribution < -0.4 is 14.8 Å². The van der Waals surface area contributed by atoms with Crippen LogP contribution in [0.3, 0.4) is 0 Å². The van der Waals surface area contributed by atoms with Crippen molar-refractivity contribution in [1.82, 2.24) is 0 Å². The van der Waals surface area contributed by atoms with Crippen LogP contribution in [0.15, 0.2) is 66.2 Å². The van der Waals surface area contributed by atoms with Gasteiger partial charge in [-0.15, -0.1) is 0 Å². The molecule has 0 spiro atoms. The van der Waals surface area contributed by atoms with E-state index >= 15 is 0 Å². The lowest BCUT2D eigenvalue weighted by Crippen LogP contribution is -2.14. The quantitative estimate of drug-likeness (QED) is 0.175. The van der Waals surface area contributed by atoms with Gasteiger partial charge >= 0.3 is 0 Å². The number of anilines is 1. The first-order valence-electron chi connectivity index (χ1n) is 9.73. The predicted molar refractivity (Wildman–Crippen MR) is 129 cm³/mol. The summed E-state index contributed by atoms with van der Waals surface area (Å²) in [5.74, 6) is -0.159. The van der Waals surface area contributed by atoms with Crippen LogP contribution in [-0.2, 0) is 11.4 Å². The fourth-order valence-corrected chi connectivity index (χ4v) is 3.33. The Labute approximate surface area is 205 Å². The van der Waals surface area contributed by atoms with Gasteiger partial charge in [-0.05, 0) is 42.0 Å². The molecule has 0 radical (unpaired) electrons. The minimum absolute atomic E-state index is 0.0710. The Kier molecular flexibility index (Phi) is 8.09. The minimum Gasteiger partial charge on any atom is -0.496 e. The average Bonchev–Trinajstić information content (AvgIpc) is 2.82. The predicted octanol–water partition coefficient (Wildman–Crippen LogP) is 6.03. The zero-order valence-corrected chi connectivity index (χ0v) is 19.3. The standard InChI is InChI=1S/C24H17Cl2N3O5/c1-33-18-7-8-21(22(12-18)29(31)32)28-24(30)17(13-27)10-15-6-9-23(20(26)11-15)34-14-16-4-2-3-5-19(16)25/h2-12H,14H2,1H3,(H,28,30)/b17-10+. The Morgan fingerprint density at radius 2 is 1.91 bits per heavy atom. The van der Waals surface area contributed by atoms with Gasteiger partial charge in [-0.1, -0.05) is 47.5 Å². The van der Waals surface area contributed by atoms with Crippen molar-refractivity contribution >= 4 is 46.6 Å². The topological polar surface area (TPSA) is 114 Å². The van der Waals surface area contributed by atoms with Gasteiger partial charge in [-0.25, -0.2) is 0 Å². The molecule has 172 valence electrons. The van der Waals surface area contributed by atoms with Gasteiger partial charge in [0.15, 0.2) is 0 Å². The highest BCUT2D eigenvalue weighted by molar-refractivity contribution is 6.32. The second-order valence-electron chi connectivity index (χ2n) is 6.83. The number of benzene rings is 3. The zero-order valence-electron chi connectivity index (χ0n) is 17.7. The van der Waals surface area contributed by atoms with Gasteiger partial charge in [0.1, 0.15) is 35.4 Å². The molecule has 34 heavy (non-hydrogen) atoms. The summed E-state index contributed by atoms with van der Waals surface area (Å²) in [6.07, 6.45) is 1.31. The van der Waals surface area contributed by atoms with Gasteiger partial charge in [0.25, 0.3) is 11.6 Å². The molecule has 0 saturated carbocycles. The summed E-state index contributed by atoms with van der Waals surface area (Å²) in [4.78, 5) is 23.3. The molecule has 0 unspecified atom stereocenters. The van der Waals surface area contributed by atoms with Crippen LogP contribution in [0.1, 0.15) is 11.1 Å². The van der Waals surface area contributed by atoms with Crippen molar-refractivity contribution in [2.45, 2.75) is 6.61 Å². The van der Waals surface area contributed by atoms with E-state index in [0.29, 0.717) is 16.3 Å². The second kappa shape index (κ2) is 11.2. The van der Waals surface area contributed by atoms with Crippen molar-refractivity contribution < 1.29 is 19.2 Å². The van der Waals surface area contributed by atoms with Gasteiger partial charge in [-0.2, -0.15) is 5.26 Å². The highest BCUT2D eigenvalue weighted by atomic mass is 35.5. The summed E-state index contributed by atoms with van der Waals surface area (Å²) in [5.41, 5.74) is 0.545. The number of halogens is 2. The second-order valence-corrected chi connectivity index (χ2v) is 7.65. The number of amides is 1. The third-order valence-electron chi connectivity index (χ3n) is 4.62. The summed E-state index contributed by atoms with van der Waals surface area (Å²) >= 11 is 12.4. The third-order valence-corrected chi connectivity index (χ3v) is 5.29. The van der Waals surface area contributed by atoms with E-state index < -0.39 is 10.8 Å². The van der Waals surface area contributed by atoms with Crippen LogP contribution in [-0.4, -0.2) is 17.9 Å². The lowest BCUT2D eigenvalue weighted by Gasteiger charge is -2.10. The largest absolute Gasteiger partial charge is 0.496 e. The van der Waals surface area contributed by atoms with Gasteiger partial charge in [0, 0.05) is 10.6 Å². The van der Waals surface area contributed by atoms with Crippen molar-refractivity contribution in [2.24, 2.45) is 0 Å². The summed E-state index contributed by atoms with van der Waals surface area (Å²) in [7, 11) is 1.37. The maximum Gasteiger partial charge on any atom is 0.296 e. The number of hydrogen-bond acceptors (Lipinski definition) is 6. The number of ether oxygens (including phenoxy) is 2. The Hall–Kier alpha value is -4.06. The molecule has 0 atom stereocenters. The van der Waals surface area contributed by atoms with Crippen LogP contribution >= 0.6 is 23.2 Å². The van der Waals surface area contributed by atoms with E-state index in [2.05, 4.69) is 5.32 Å². The lowest BCUT2D eigenvalue weighted by molar-refractivity contribution is -0.384. The Bertz CT molecular complexity index is 1320. The van der Waals surface area contributed by atoms with Gasteiger partial charge < -0.3 is 14.8 Å².